The number of nitrogens with one attached hydrogen (secondary N) is 1. The van der Waals surface area contributed by atoms with Crippen LogP contribution >= 0.6 is 11.6 Å². The van der Waals surface area contributed by atoms with Crippen LogP contribution in [0.5, 0.6) is 5.75 Å². The summed E-state index contributed by atoms with van der Waals surface area (Å²) in [6.45, 7) is 1.10. The van der Waals surface area contributed by atoms with Crippen LogP contribution in [0.15, 0.2) is 42.5 Å². The number of carbonyl (C=O) groups is 1. The monoisotopic (exact) mass is 350 g/mol. The summed E-state index contributed by atoms with van der Waals surface area (Å²) in [4.78, 5) is 13.8. The van der Waals surface area contributed by atoms with Crippen molar-refractivity contribution in [1.82, 2.24) is 10.2 Å². The largest absolute Gasteiger partial charge is 0.494 e. The number of methoxy groups -OCH3 is 1. The van der Waals surface area contributed by atoms with Crippen molar-refractivity contribution in [1.29, 1.82) is 0 Å². The van der Waals surface area contributed by atoms with Gasteiger partial charge < -0.3 is 10.1 Å². The van der Waals surface area contributed by atoms with Gasteiger partial charge in [-0.15, -0.1) is 0 Å². The molecule has 0 saturated heterocycles. The highest BCUT2D eigenvalue weighted by molar-refractivity contribution is 6.30. The van der Waals surface area contributed by atoms with Gasteiger partial charge in [-0.1, -0.05) is 29.8 Å². The maximum Gasteiger partial charge on any atom is 0.234 e. The minimum absolute atomic E-state index is 0.105. The van der Waals surface area contributed by atoms with E-state index in [0.29, 0.717) is 18.1 Å². The molecule has 0 radical (unpaired) electrons. The Bertz CT molecular complexity index is 709. The Morgan fingerprint density at radius 1 is 1.25 bits per heavy atom. The number of carbonyl (C=O) groups excluding carboxylic acids is 1. The van der Waals surface area contributed by atoms with Crippen molar-refractivity contribution < 1.29 is 13.9 Å². The van der Waals surface area contributed by atoms with E-state index in [9.17, 15) is 9.18 Å². The lowest BCUT2D eigenvalue weighted by atomic mass is 10.2. The molecule has 0 saturated carbocycles. The molecule has 6 heteroatoms. The van der Waals surface area contributed by atoms with Crippen molar-refractivity contribution in [3.63, 3.8) is 0 Å². The smallest absolute Gasteiger partial charge is 0.234 e. The van der Waals surface area contributed by atoms with Crippen LogP contribution in [-0.2, 0) is 17.9 Å². The highest BCUT2D eigenvalue weighted by Gasteiger charge is 2.09. The minimum Gasteiger partial charge on any atom is -0.494 e. The average Bonchev–Trinajstić information content (AvgIpc) is 2.53. The average molecular weight is 351 g/mol. The molecule has 0 aliphatic heterocycles. The molecule has 0 aliphatic rings. The minimum atomic E-state index is -0.409. The summed E-state index contributed by atoms with van der Waals surface area (Å²) >= 11 is 5.91. The first-order chi connectivity index (χ1) is 11.5. The molecule has 0 fully saturated rings. The number of hydrogen-bond acceptors (Lipinski definition) is 3. The molecular weight excluding hydrogens is 331 g/mol. The number of likely N-dealkylation sites (N-methyl/N-ethyl adjacent to an activating group) is 1. The van der Waals surface area contributed by atoms with Gasteiger partial charge in [0.05, 0.1) is 13.7 Å². The Balaban J connectivity index is 1.82. The summed E-state index contributed by atoms with van der Waals surface area (Å²) in [6.07, 6.45) is 0. The van der Waals surface area contributed by atoms with E-state index >= 15 is 0 Å². The van der Waals surface area contributed by atoms with Crippen molar-refractivity contribution >= 4 is 17.5 Å². The molecule has 2 aromatic carbocycles. The summed E-state index contributed by atoms with van der Waals surface area (Å²) in [5.74, 6) is -0.305. The number of rotatable bonds is 7. The fourth-order valence-electron chi connectivity index (χ4n) is 2.32. The highest BCUT2D eigenvalue weighted by atomic mass is 35.5. The Hall–Kier alpha value is -2.11. The molecule has 0 bridgehead atoms. The van der Waals surface area contributed by atoms with Crippen molar-refractivity contribution in [2.45, 2.75) is 13.1 Å². The van der Waals surface area contributed by atoms with E-state index in [1.807, 2.05) is 23.1 Å². The lowest BCUT2D eigenvalue weighted by Gasteiger charge is -2.17. The molecule has 24 heavy (non-hydrogen) atoms. The second-order valence-corrected chi connectivity index (χ2v) is 5.98. The summed E-state index contributed by atoms with van der Waals surface area (Å²) < 4.78 is 18.6. The molecule has 0 unspecified atom stereocenters. The Kier molecular flexibility index (Phi) is 6.58. The SMILES string of the molecule is COc1ccc(CN(C)CC(=O)NCc2cccc(Cl)c2)cc1F. The molecule has 2 rings (SSSR count). The van der Waals surface area contributed by atoms with Gasteiger partial charge in [-0.25, -0.2) is 4.39 Å². The zero-order valence-corrected chi connectivity index (χ0v) is 14.4. The molecule has 128 valence electrons. The van der Waals surface area contributed by atoms with Crippen LogP contribution in [0.1, 0.15) is 11.1 Å². The summed E-state index contributed by atoms with van der Waals surface area (Å²) in [5.41, 5.74) is 1.72. The molecule has 2 aromatic rings. The summed E-state index contributed by atoms with van der Waals surface area (Å²) in [5, 5.41) is 3.48. The zero-order chi connectivity index (χ0) is 17.5. The first-order valence-electron chi connectivity index (χ1n) is 7.50. The second kappa shape index (κ2) is 8.66. The van der Waals surface area contributed by atoms with Crippen LogP contribution in [0.2, 0.25) is 5.02 Å². The van der Waals surface area contributed by atoms with E-state index in [0.717, 1.165) is 11.1 Å². The molecule has 4 nitrogen and oxygen atoms in total. The van der Waals surface area contributed by atoms with Crippen LogP contribution in [0.25, 0.3) is 0 Å². The molecule has 0 spiro atoms. The van der Waals surface area contributed by atoms with Crippen molar-refractivity contribution in [2.75, 3.05) is 20.7 Å². The van der Waals surface area contributed by atoms with E-state index in [1.54, 1.807) is 25.2 Å². The quantitative estimate of drug-likeness (QED) is 0.833. The Labute approximate surface area is 146 Å². The molecule has 0 heterocycles. The van der Waals surface area contributed by atoms with Crippen LogP contribution in [0, 0.1) is 5.82 Å². The lowest BCUT2D eigenvalue weighted by molar-refractivity contribution is -0.122. The normalized spacial score (nSPS) is 10.7. The standard InChI is InChI=1S/C18H20ClFN2O2/c1-22(11-14-6-7-17(24-2)16(20)9-14)12-18(23)21-10-13-4-3-5-15(19)8-13/h3-9H,10-12H2,1-2H3,(H,21,23). The van der Waals surface area contributed by atoms with Crippen LogP contribution < -0.4 is 10.1 Å². The molecular formula is C18H20ClFN2O2. The van der Waals surface area contributed by atoms with E-state index in [-0.39, 0.29) is 18.2 Å². The topological polar surface area (TPSA) is 41.6 Å². The lowest BCUT2D eigenvalue weighted by Crippen LogP contribution is -2.34. The van der Waals surface area contributed by atoms with E-state index in [1.165, 1.54) is 13.2 Å². The third-order valence-electron chi connectivity index (χ3n) is 3.46. The van der Waals surface area contributed by atoms with Gasteiger partial charge in [0.1, 0.15) is 0 Å². The first kappa shape index (κ1) is 18.2. The maximum atomic E-state index is 13.7. The van der Waals surface area contributed by atoms with Gasteiger partial charge in [0.15, 0.2) is 11.6 Å². The Morgan fingerprint density at radius 2 is 2.04 bits per heavy atom. The molecule has 1 amide bonds. The van der Waals surface area contributed by atoms with Gasteiger partial charge in [0.25, 0.3) is 0 Å². The van der Waals surface area contributed by atoms with E-state index in [4.69, 9.17) is 16.3 Å². The number of hydrogen-bond donors (Lipinski definition) is 1. The van der Waals surface area contributed by atoms with E-state index in [2.05, 4.69) is 5.32 Å². The van der Waals surface area contributed by atoms with Gasteiger partial charge >= 0.3 is 0 Å². The highest BCUT2D eigenvalue weighted by Crippen LogP contribution is 2.18. The number of halogens is 2. The van der Waals surface area contributed by atoms with Crippen LogP contribution in [0.3, 0.4) is 0 Å². The fraction of sp³-hybridized carbons (Fsp3) is 0.278. The molecule has 0 aromatic heterocycles. The van der Waals surface area contributed by atoms with Crippen molar-refractivity contribution in [3.05, 3.63) is 64.4 Å². The third-order valence-corrected chi connectivity index (χ3v) is 3.70. The van der Waals surface area contributed by atoms with Gasteiger partial charge in [0.2, 0.25) is 5.91 Å². The number of ether oxygens (including phenoxy) is 1. The van der Waals surface area contributed by atoms with E-state index < -0.39 is 5.82 Å². The summed E-state index contributed by atoms with van der Waals surface area (Å²) in [7, 11) is 3.23. The van der Waals surface area contributed by atoms with Gasteiger partial charge in [0, 0.05) is 18.1 Å². The maximum absolute atomic E-state index is 13.7. The predicted molar refractivity (Wildman–Crippen MR) is 92.6 cm³/mol. The molecule has 1 N–H and O–H groups in total. The zero-order valence-electron chi connectivity index (χ0n) is 13.7. The van der Waals surface area contributed by atoms with Gasteiger partial charge in [-0.3, -0.25) is 9.69 Å². The van der Waals surface area contributed by atoms with Gasteiger partial charge in [-0.2, -0.15) is 0 Å². The van der Waals surface area contributed by atoms with Gasteiger partial charge in [-0.05, 0) is 42.4 Å². The Morgan fingerprint density at radius 3 is 2.71 bits per heavy atom. The second-order valence-electron chi connectivity index (χ2n) is 5.55. The number of benzene rings is 2. The third kappa shape index (κ3) is 5.51. The predicted octanol–water partition coefficient (Wildman–Crippen LogP) is 3.24. The summed E-state index contributed by atoms with van der Waals surface area (Å²) in [6, 6.07) is 12.1. The fourth-order valence-corrected chi connectivity index (χ4v) is 2.54. The number of nitrogens with zero attached hydrogens (tertiary/aromatic N) is 1. The van der Waals surface area contributed by atoms with Crippen LogP contribution in [-0.4, -0.2) is 31.5 Å². The van der Waals surface area contributed by atoms with Crippen LogP contribution in [0.4, 0.5) is 4.39 Å². The van der Waals surface area contributed by atoms with Crippen molar-refractivity contribution in [2.24, 2.45) is 0 Å². The molecule has 0 atom stereocenters. The number of amides is 1. The van der Waals surface area contributed by atoms with Crippen molar-refractivity contribution in [3.8, 4) is 5.75 Å². The molecule has 0 aliphatic carbocycles. The first-order valence-corrected chi connectivity index (χ1v) is 7.88.